The van der Waals surface area contributed by atoms with Crippen LogP contribution in [0.4, 0.5) is 0 Å². The molecular formula is C15H22BrNO. The van der Waals surface area contributed by atoms with Gasteiger partial charge in [0.25, 0.3) is 5.91 Å². The summed E-state index contributed by atoms with van der Waals surface area (Å²) in [6, 6.07) is 7.68. The molecule has 18 heavy (non-hydrogen) atoms. The van der Waals surface area contributed by atoms with Crippen molar-refractivity contribution in [2.24, 2.45) is 5.92 Å². The highest BCUT2D eigenvalue weighted by Crippen LogP contribution is 2.12. The van der Waals surface area contributed by atoms with Gasteiger partial charge in [0.1, 0.15) is 0 Å². The van der Waals surface area contributed by atoms with Gasteiger partial charge in [-0.25, -0.2) is 0 Å². The van der Waals surface area contributed by atoms with Gasteiger partial charge in [-0.05, 0) is 43.5 Å². The van der Waals surface area contributed by atoms with Gasteiger partial charge in [0.15, 0.2) is 0 Å². The van der Waals surface area contributed by atoms with Crippen molar-refractivity contribution in [3.63, 3.8) is 0 Å². The third-order valence-electron chi connectivity index (χ3n) is 2.90. The lowest BCUT2D eigenvalue weighted by atomic mass is 10.0. The Hall–Kier alpha value is -0.830. The van der Waals surface area contributed by atoms with Gasteiger partial charge < -0.3 is 5.32 Å². The van der Waals surface area contributed by atoms with E-state index in [9.17, 15) is 4.79 Å². The maximum atomic E-state index is 11.9. The molecule has 0 saturated heterocycles. The lowest BCUT2D eigenvalue weighted by Crippen LogP contribution is -2.32. The fourth-order valence-electron chi connectivity index (χ4n) is 1.81. The lowest BCUT2D eigenvalue weighted by molar-refractivity contribution is 0.0938. The highest BCUT2D eigenvalue weighted by Gasteiger charge is 2.09. The fourth-order valence-corrected chi connectivity index (χ4v) is 2.08. The molecule has 0 aliphatic rings. The van der Waals surface area contributed by atoms with Gasteiger partial charge >= 0.3 is 0 Å². The summed E-state index contributed by atoms with van der Waals surface area (Å²) in [5, 5.41) is 3.04. The highest BCUT2D eigenvalue weighted by molar-refractivity contribution is 9.10. The molecule has 0 aliphatic heterocycles. The van der Waals surface area contributed by atoms with Crippen LogP contribution in [0.15, 0.2) is 28.7 Å². The normalized spacial score (nSPS) is 12.5. The summed E-state index contributed by atoms with van der Waals surface area (Å²) in [5.74, 6) is 0.749. The standard InChI is InChI=1S/C15H22BrNO/c1-11(2)5-4-6-12(3)17-15(18)13-7-9-14(16)10-8-13/h7-12H,4-6H2,1-3H3,(H,17,18). The molecule has 0 fully saturated rings. The van der Waals surface area contributed by atoms with Gasteiger partial charge in [-0.1, -0.05) is 42.6 Å². The topological polar surface area (TPSA) is 29.1 Å². The Balaban J connectivity index is 2.37. The molecule has 1 amide bonds. The number of halogens is 1. The van der Waals surface area contributed by atoms with Crippen molar-refractivity contribution >= 4 is 21.8 Å². The SMILES string of the molecule is CC(C)CCCC(C)NC(=O)c1ccc(Br)cc1. The quantitative estimate of drug-likeness (QED) is 0.829. The summed E-state index contributed by atoms with van der Waals surface area (Å²) in [5.41, 5.74) is 0.717. The van der Waals surface area contributed by atoms with E-state index in [2.05, 4.69) is 42.0 Å². The zero-order chi connectivity index (χ0) is 13.5. The monoisotopic (exact) mass is 311 g/mol. The van der Waals surface area contributed by atoms with Crippen LogP contribution >= 0.6 is 15.9 Å². The van der Waals surface area contributed by atoms with E-state index in [0.29, 0.717) is 5.56 Å². The van der Waals surface area contributed by atoms with E-state index < -0.39 is 0 Å². The van der Waals surface area contributed by atoms with Crippen molar-refractivity contribution in [2.75, 3.05) is 0 Å². The van der Waals surface area contributed by atoms with Crippen molar-refractivity contribution < 1.29 is 4.79 Å². The molecule has 1 aromatic rings. The summed E-state index contributed by atoms with van der Waals surface area (Å²) >= 11 is 3.36. The Kier molecular flexibility index (Phi) is 6.41. The molecule has 0 aliphatic carbocycles. The average molecular weight is 312 g/mol. The molecular weight excluding hydrogens is 290 g/mol. The van der Waals surface area contributed by atoms with Crippen molar-refractivity contribution in [3.05, 3.63) is 34.3 Å². The molecule has 1 aromatic carbocycles. The molecule has 100 valence electrons. The number of hydrogen-bond donors (Lipinski definition) is 1. The van der Waals surface area contributed by atoms with Crippen LogP contribution < -0.4 is 5.32 Å². The molecule has 2 nitrogen and oxygen atoms in total. The van der Waals surface area contributed by atoms with Crippen LogP contribution in [0.25, 0.3) is 0 Å². The zero-order valence-corrected chi connectivity index (χ0v) is 13.0. The Morgan fingerprint density at radius 2 is 1.78 bits per heavy atom. The smallest absolute Gasteiger partial charge is 0.251 e. The summed E-state index contributed by atoms with van der Waals surface area (Å²) in [4.78, 5) is 11.9. The van der Waals surface area contributed by atoms with Gasteiger partial charge in [0.05, 0.1) is 0 Å². The maximum Gasteiger partial charge on any atom is 0.251 e. The van der Waals surface area contributed by atoms with Crippen LogP contribution in [-0.2, 0) is 0 Å². The highest BCUT2D eigenvalue weighted by atomic mass is 79.9. The molecule has 1 rings (SSSR count). The predicted octanol–water partition coefficient (Wildman–Crippen LogP) is 4.39. The predicted molar refractivity (Wildman–Crippen MR) is 79.8 cm³/mol. The summed E-state index contributed by atoms with van der Waals surface area (Å²) in [6.07, 6.45) is 3.43. The molecule has 0 radical (unpaired) electrons. The van der Waals surface area contributed by atoms with E-state index in [1.54, 1.807) is 0 Å². The molecule has 0 spiro atoms. The first-order chi connectivity index (χ1) is 8.49. The van der Waals surface area contributed by atoms with E-state index in [1.165, 1.54) is 12.8 Å². The third kappa shape index (κ3) is 5.67. The summed E-state index contributed by atoms with van der Waals surface area (Å²) in [7, 11) is 0. The Labute approximate surface area is 118 Å². The van der Waals surface area contributed by atoms with E-state index in [4.69, 9.17) is 0 Å². The minimum Gasteiger partial charge on any atom is -0.350 e. The van der Waals surface area contributed by atoms with Crippen LogP contribution in [0.5, 0.6) is 0 Å². The number of amides is 1. The molecule has 1 unspecified atom stereocenters. The molecule has 1 atom stereocenters. The van der Waals surface area contributed by atoms with Gasteiger partial charge in [-0.2, -0.15) is 0 Å². The molecule has 0 heterocycles. The number of benzene rings is 1. The number of rotatable bonds is 6. The van der Waals surface area contributed by atoms with Crippen LogP contribution in [0.1, 0.15) is 50.4 Å². The Morgan fingerprint density at radius 1 is 1.17 bits per heavy atom. The largest absolute Gasteiger partial charge is 0.350 e. The van der Waals surface area contributed by atoms with E-state index in [1.807, 2.05) is 24.3 Å². The number of nitrogens with one attached hydrogen (secondary N) is 1. The van der Waals surface area contributed by atoms with Crippen LogP contribution in [0, 0.1) is 5.92 Å². The van der Waals surface area contributed by atoms with Crippen molar-refractivity contribution in [2.45, 2.75) is 46.1 Å². The van der Waals surface area contributed by atoms with E-state index >= 15 is 0 Å². The molecule has 1 N–H and O–H groups in total. The lowest BCUT2D eigenvalue weighted by Gasteiger charge is -2.14. The minimum atomic E-state index is 0.0135. The molecule has 0 bridgehead atoms. The van der Waals surface area contributed by atoms with Crippen LogP contribution in [0.3, 0.4) is 0 Å². The second-order valence-corrected chi connectivity index (χ2v) is 6.12. The van der Waals surface area contributed by atoms with E-state index in [-0.39, 0.29) is 11.9 Å². The zero-order valence-electron chi connectivity index (χ0n) is 11.4. The first kappa shape index (κ1) is 15.2. The molecule has 0 aromatic heterocycles. The molecule has 3 heteroatoms. The van der Waals surface area contributed by atoms with Crippen molar-refractivity contribution in [1.82, 2.24) is 5.32 Å². The number of carbonyl (C=O) groups excluding carboxylic acids is 1. The van der Waals surface area contributed by atoms with Crippen molar-refractivity contribution in [3.8, 4) is 0 Å². The van der Waals surface area contributed by atoms with Gasteiger partial charge in [0, 0.05) is 16.1 Å². The van der Waals surface area contributed by atoms with Gasteiger partial charge in [-0.15, -0.1) is 0 Å². The van der Waals surface area contributed by atoms with Crippen LogP contribution in [0.2, 0.25) is 0 Å². The first-order valence-electron chi connectivity index (χ1n) is 6.55. The maximum absolute atomic E-state index is 11.9. The molecule has 0 saturated carbocycles. The Morgan fingerprint density at radius 3 is 2.33 bits per heavy atom. The van der Waals surface area contributed by atoms with Crippen molar-refractivity contribution in [1.29, 1.82) is 0 Å². The third-order valence-corrected chi connectivity index (χ3v) is 3.43. The second kappa shape index (κ2) is 7.57. The van der Waals surface area contributed by atoms with Gasteiger partial charge in [-0.3, -0.25) is 4.79 Å². The second-order valence-electron chi connectivity index (χ2n) is 5.21. The number of hydrogen-bond acceptors (Lipinski definition) is 1. The fraction of sp³-hybridized carbons (Fsp3) is 0.533. The van der Waals surface area contributed by atoms with E-state index in [0.717, 1.165) is 16.8 Å². The minimum absolute atomic E-state index is 0.0135. The van der Waals surface area contributed by atoms with Crippen LogP contribution in [-0.4, -0.2) is 11.9 Å². The van der Waals surface area contributed by atoms with Gasteiger partial charge in [0.2, 0.25) is 0 Å². The summed E-state index contributed by atoms with van der Waals surface area (Å²) < 4.78 is 0.990. The first-order valence-corrected chi connectivity index (χ1v) is 7.34. The Bertz CT molecular complexity index is 373. The number of carbonyl (C=O) groups is 1. The summed E-state index contributed by atoms with van der Waals surface area (Å²) in [6.45, 7) is 6.52. The average Bonchev–Trinajstić information content (AvgIpc) is 2.29.